The van der Waals surface area contributed by atoms with E-state index in [2.05, 4.69) is 0 Å². The van der Waals surface area contributed by atoms with Gasteiger partial charge in [-0.15, -0.1) is 0 Å². The molecule has 0 atom stereocenters. The van der Waals surface area contributed by atoms with Crippen LogP contribution in [0.3, 0.4) is 0 Å². The van der Waals surface area contributed by atoms with Crippen molar-refractivity contribution < 1.29 is 24.5 Å². The molecule has 2 aromatic rings. The Hall–Kier alpha value is -2.69. The molecule has 0 amide bonds. The lowest BCUT2D eigenvalue weighted by Gasteiger charge is -2.11. The molecular weight excluding hydrogens is 296 g/mol. The molecule has 2 N–H and O–H groups in total. The first kappa shape index (κ1) is 15.2. The van der Waals surface area contributed by atoms with Crippen LogP contribution in [0.4, 0.5) is 0 Å². The van der Waals surface area contributed by atoms with Gasteiger partial charge in [0, 0.05) is 6.42 Å². The van der Waals surface area contributed by atoms with Gasteiger partial charge in [-0.25, -0.2) is 0 Å². The first-order chi connectivity index (χ1) is 11.1. The minimum Gasteiger partial charge on any atom is -0.504 e. The smallest absolute Gasteiger partial charge is 0.306 e. The van der Waals surface area contributed by atoms with Crippen LogP contribution in [0.1, 0.15) is 24.0 Å². The van der Waals surface area contributed by atoms with Gasteiger partial charge in [0.2, 0.25) is 5.75 Å². The highest BCUT2D eigenvalue weighted by atomic mass is 16.5. The van der Waals surface area contributed by atoms with Crippen molar-refractivity contribution in [2.24, 2.45) is 0 Å². The number of carbonyl (C=O) groups is 1. The highest BCUT2D eigenvalue weighted by Crippen LogP contribution is 2.39. The van der Waals surface area contributed by atoms with Gasteiger partial charge < -0.3 is 19.7 Å². The van der Waals surface area contributed by atoms with E-state index >= 15 is 0 Å². The maximum atomic E-state index is 11.7. The topological polar surface area (TPSA) is 76.0 Å². The van der Waals surface area contributed by atoms with Crippen LogP contribution in [0.2, 0.25) is 0 Å². The summed E-state index contributed by atoms with van der Waals surface area (Å²) in [5.41, 5.74) is 1.81. The summed E-state index contributed by atoms with van der Waals surface area (Å²) >= 11 is 0. The van der Waals surface area contributed by atoms with Gasteiger partial charge in [0.25, 0.3) is 0 Å². The van der Waals surface area contributed by atoms with E-state index in [4.69, 9.17) is 9.47 Å². The zero-order chi connectivity index (χ0) is 16.2. The number of aryl methyl sites for hydroxylation is 2. The Kier molecular flexibility index (Phi) is 4.37. The minimum absolute atomic E-state index is 0.163. The van der Waals surface area contributed by atoms with Gasteiger partial charge in [-0.3, -0.25) is 4.79 Å². The Morgan fingerprint density at radius 3 is 2.48 bits per heavy atom. The fourth-order valence-corrected chi connectivity index (χ4v) is 2.50. The van der Waals surface area contributed by atoms with E-state index in [1.54, 1.807) is 6.07 Å². The molecular formula is C18H18O5. The molecule has 0 spiro atoms. The predicted molar refractivity (Wildman–Crippen MR) is 83.9 cm³/mol. The molecule has 0 aliphatic carbocycles. The Bertz CT molecular complexity index is 706. The highest BCUT2D eigenvalue weighted by molar-refractivity contribution is 5.70. The highest BCUT2D eigenvalue weighted by Gasteiger charge is 2.13. The number of fused-ring (bicyclic) bond motifs is 8. The lowest BCUT2D eigenvalue weighted by atomic mass is 10.1. The summed E-state index contributed by atoms with van der Waals surface area (Å²) < 4.78 is 10.9. The number of phenols is 2. The van der Waals surface area contributed by atoms with Crippen LogP contribution < -0.4 is 4.74 Å². The van der Waals surface area contributed by atoms with Crippen LogP contribution in [0.25, 0.3) is 0 Å². The SMILES string of the molecule is O=C1CCc2cc(O)c(O)c(c2)Oc2ccc(cc2)CCCO1. The maximum absolute atomic E-state index is 11.7. The average molecular weight is 314 g/mol. The second kappa shape index (κ2) is 6.60. The predicted octanol–water partition coefficient (Wildman–Crippen LogP) is 3.31. The number of esters is 1. The van der Waals surface area contributed by atoms with Crippen LogP contribution in [0.5, 0.6) is 23.0 Å². The summed E-state index contributed by atoms with van der Waals surface area (Å²) in [4.78, 5) is 11.7. The molecule has 2 aromatic carbocycles. The van der Waals surface area contributed by atoms with Crippen molar-refractivity contribution in [1.82, 2.24) is 0 Å². The van der Waals surface area contributed by atoms with E-state index in [9.17, 15) is 15.0 Å². The summed E-state index contributed by atoms with van der Waals surface area (Å²) in [6.45, 7) is 0.392. The Balaban J connectivity index is 1.94. The molecule has 2 aliphatic rings. The summed E-state index contributed by atoms with van der Waals surface area (Å²) in [5.74, 6) is -0.125. The van der Waals surface area contributed by atoms with Crippen molar-refractivity contribution in [2.45, 2.75) is 25.7 Å². The molecule has 2 heterocycles. The quantitative estimate of drug-likeness (QED) is 0.576. The van der Waals surface area contributed by atoms with Crippen molar-refractivity contribution in [3.05, 3.63) is 47.5 Å². The number of ether oxygens (including phenoxy) is 2. The van der Waals surface area contributed by atoms with Crippen molar-refractivity contribution in [2.75, 3.05) is 6.61 Å². The summed E-state index contributed by atoms with van der Waals surface area (Å²) in [5, 5.41) is 19.8. The molecule has 23 heavy (non-hydrogen) atoms. The molecule has 4 rings (SSSR count). The fraction of sp³-hybridized carbons (Fsp3) is 0.278. The number of phenolic OH excluding ortho intramolecular Hbond substituents is 2. The summed E-state index contributed by atoms with van der Waals surface area (Å²) in [7, 11) is 0. The Labute approximate surface area is 134 Å². The van der Waals surface area contributed by atoms with E-state index < -0.39 is 0 Å². The molecule has 120 valence electrons. The number of aromatic hydroxyl groups is 2. The van der Waals surface area contributed by atoms with Gasteiger partial charge >= 0.3 is 5.97 Å². The second-order valence-corrected chi connectivity index (χ2v) is 5.53. The lowest BCUT2D eigenvalue weighted by molar-refractivity contribution is -0.143. The van der Waals surface area contributed by atoms with E-state index in [1.165, 1.54) is 6.07 Å². The van der Waals surface area contributed by atoms with E-state index in [0.717, 1.165) is 18.4 Å². The zero-order valence-electron chi connectivity index (χ0n) is 12.6. The second-order valence-electron chi connectivity index (χ2n) is 5.53. The standard InChI is InChI=1S/C18H18O5/c19-15-10-13-5-8-17(20)22-9-1-2-12-3-6-14(7-4-12)23-16(11-13)18(15)21/h3-4,6-7,10-11,19,21H,1-2,5,8-9H2. The molecule has 4 bridgehead atoms. The number of benzene rings is 2. The van der Waals surface area contributed by atoms with Gasteiger partial charge in [0.05, 0.1) is 6.61 Å². The first-order valence-electron chi connectivity index (χ1n) is 7.59. The molecule has 0 unspecified atom stereocenters. The van der Waals surface area contributed by atoms with E-state index in [1.807, 2.05) is 24.3 Å². The largest absolute Gasteiger partial charge is 0.504 e. The average Bonchev–Trinajstić information content (AvgIpc) is 2.55. The molecule has 5 nitrogen and oxygen atoms in total. The van der Waals surface area contributed by atoms with Crippen LogP contribution in [0, 0.1) is 0 Å². The fourth-order valence-electron chi connectivity index (χ4n) is 2.50. The number of hydrogen-bond donors (Lipinski definition) is 2. The monoisotopic (exact) mass is 314 g/mol. The van der Waals surface area contributed by atoms with Crippen LogP contribution >= 0.6 is 0 Å². The third kappa shape index (κ3) is 3.74. The van der Waals surface area contributed by atoms with Crippen LogP contribution in [-0.4, -0.2) is 22.8 Å². The van der Waals surface area contributed by atoms with Crippen molar-refractivity contribution in [3.63, 3.8) is 0 Å². The molecule has 5 heteroatoms. The van der Waals surface area contributed by atoms with Crippen LogP contribution in [-0.2, 0) is 22.4 Å². The van der Waals surface area contributed by atoms with Gasteiger partial charge in [-0.2, -0.15) is 0 Å². The normalized spacial score (nSPS) is 15.2. The molecule has 0 saturated heterocycles. The third-order valence-electron chi connectivity index (χ3n) is 3.76. The molecule has 0 fully saturated rings. The summed E-state index contributed by atoms with van der Waals surface area (Å²) in [6.07, 6.45) is 2.20. The Morgan fingerprint density at radius 1 is 0.913 bits per heavy atom. The van der Waals surface area contributed by atoms with Gasteiger partial charge in [0.1, 0.15) is 5.75 Å². The lowest BCUT2D eigenvalue weighted by Crippen LogP contribution is -2.07. The van der Waals surface area contributed by atoms with Crippen molar-refractivity contribution in [1.29, 1.82) is 0 Å². The minimum atomic E-state index is -0.315. The van der Waals surface area contributed by atoms with Crippen molar-refractivity contribution in [3.8, 4) is 23.0 Å². The van der Waals surface area contributed by atoms with Crippen LogP contribution in [0.15, 0.2) is 36.4 Å². The van der Waals surface area contributed by atoms with Gasteiger partial charge in [-0.05, 0) is 54.7 Å². The third-order valence-corrected chi connectivity index (χ3v) is 3.76. The van der Waals surface area contributed by atoms with E-state index in [-0.39, 0.29) is 29.6 Å². The first-order valence-corrected chi connectivity index (χ1v) is 7.59. The molecule has 2 aliphatic heterocycles. The molecule has 0 saturated carbocycles. The number of hydrogen-bond acceptors (Lipinski definition) is 5. The zero-order valence-corrected chi connectivity index (χ0v) is 12.6. The van der Waals surface area contributed by atoms with Gasteiger partial charge in [0.15, 0.2) is 11.5 Å². The molecule has 0 radical (unpaired) electrons. The number of carbonyl (C=O) groups excluding carboxylic acids is 1. The van der Waals surface area contributed by atoms with Gasteiger partial charge in [-0.1, -0.05) is 12.1 Å². The van der Waals surface area contributed by atoms with E-state index in [0.29, 0.717) is 24.3 Å². The van der Waals surface area contributed by atoms with Crippen molar-refractivity contribution >= 4 is 5.97 Å². The maximum Gasteiger partial charge on any atom is 0.306 e. The summed E-state index contributed by atoms with van der Waals surface area (Å²) in [6, 6.07) is 10.5. The molecule has 0 aromatic heterocycles. The number of rotatable bonds is 0. The Morgan fingerprint density at radius 2 is 1.70 bits per heavy atom.